The van der Waals surface area contributed by atoms with E-state index in [4.69, 9.17) is 23.7 Å². The fraction of sp³-hybridized carbons (Fsp3) is 0.789. The van der Waals surface area contributed by atoms with Crippen LogP contribution in [0.4, 0.5) is 0 Å². The van der Waals surface area contributed by atoms with Gasteiger partial charge >= 0.3 is 0 Å². The van der Waals surface area contributed by atoms with Gasteiger partial charge < -0.3 is 14.6 Å². The van der Waals surface area contributed by atoms with Crippen LogP contribution in [-0.2, 0) is 0 Å². The number of rotatable bonds is 16. The molecule has 0 fully saturated rings. The van der Waals surface area contributed by atoms with Gasteiger partial charge in [0.25, 0.3) is 0 Å². The Hall–Kier alpha value is -2.12. The molecular weight excluding hydrogens is 312 g/mol. The third-order valence-electron chi connectivity index (χ3n) is 4.08. The van der Waals surface area contributed by atoms with Crippen LogP contribution in [0.2, 0.25) is 0 Å². The maximum Gasteiger partial charge on any atom is 0.227 e. The fourth-order valence-electron chi connectivity index (χ4n) is 2.67. The lowest BCUT2D eigenvalue weighted by Crippen LogP contribution is -2.29. The van der Waals surface area contributed by atoms with Crippen molar-refractivity contribution in [3.8, 4) is 12.1 Å². The second kappa shape index (κ2) is 18.2. The maximum absolute atomic E-state index is 8.68. The number of unbranched alkanes of at least 4 members (excludes halogenated alkanes) is 4. The highest BCUT2D eigenvalue weighted by Crippen LogP contribution is 2.06. The molecule has 0 aromatic carbocycles. The third kappa shape index (κ3) is 15.2. The summed E-state index contributed by atoms with van der Waals surface area (Å²) in [5, 5.41) is 17.4. The van der Waals surface area contributed by atoms with Gasteiger partial charge in [0.15, 0.2) is 0 Å². The first-order valence-corrected chi connectivity index (χ1v) is 9.13. The summed E-state index contributed by atoms with van der Waals surface area (Å²) in [7, 11) is 0. The monoisotopic (exact) mass is 342 g/mol. The van der Waals surface area contributed by atoms with E-state index in [0.29, 0.717) is 25.9 Å². The van der Waals surface area contributed by atoms with Gasteiger partial charge in [-0.1, -0.05) is 19.3 Å². The average molecular weight is 342 g/mol. The lowest BCUT2D eigenvalue weighted by molar-refractivity contribution is 0.275. The summed E-state index contributed by atoms with van der Waals surface area (Å²) in [5.74, 6) is 0. The minimum Gasteiger partial charge on any atom is -0.316 e. The second-order valence-corrected chi connectivity index (χ2v) is 6.03. The van der Waals surface area contributed by atoms with Crippen LogP contribution in [0, 0.1) is 35.8 Å². The van der Waals surface area contributed by atoms with Gasteiger partial charge in [-0.3, -0.25) is 4.90 Å². The van der Waals surface area contributed by atoms with E-state index in [1.165, 1.54) is 19.3 Å². The van der Waals surface area contributed by atoms with Crippen molar-refractivity contribution < 1.29 is 0 Å². The first-order valence-electron chi connectivity index (χ1n) is 9.13. The molecular formula is C19H30N6. The Morgan fingerprint density at radius 2 is 1.00 bits per heavy atom. The number of hydrogen-bond donors (Lipinski definition) is 0. The summed E-state index contributed by atoms with van der Waals surface area (Å²) in [6.45, 7) is 19.8. The van der Waals surface area contributed by atoms with E-state index in [2.05, 4.69) is 31.6 Å². The van der Waals surface area contributed by atoms with Gasteiger partial charge in [-0.2, -0.15) is 10.5 Å². The van der Waals surface area contributed by atoms with E-state index >= 15 is 0 Å². The highest BCUT2D eigenvalue weighted by atomic mass is 15.1. The van der Waals surface area contributed by atoms with Crippen LogP contribution >= 0.6 is 0 Å². The molecule has 0 aliphatic heterocycles. The average Bonchev–Trinajstić information content (AvgIpc) is 2.63. The van der Waals surface area contributed by atoms with E-state index in [9.17, 15) is 0 Å². The quantitative estimate of drug-likeness (QED) is 0.319. The lowest BCUT2D eigenvalue weighted by atomic mass is 10.1. The number of hydrogen-bond acceptors (Lipinski definition) is 4. The molecule has 0 aromatic heterocycles. The van der Waals surface area contributed by atoms with E-state index in [1.807, 2.05) is 0 Å². The molecule has 0 saturated carbocycles. The Kier molecular flexibility index (Phi) is 16.7. The molecule has 0 radical (unpaired) electrons. The van der Waals surface area contributed by atoms with Crippen LogP contribution < -0.4 is 0 Å². The van der Waals surface area contributed by atoms with Gasteiger partial charge in [0.05, 0.1) is 25.2 Å². The van der Waals surface area contributed by atoms with Crippen molar-refractivity contribution in [3.05, 3.63) is 22.8 Å². The van der Waals surface area contributed by atoms with Crippen molar-refractivity contribution in [2.75, 3.05) is 52.4 Å². The predicted molar refractivity (Wildman–Crippen MR) is 99.4 cm³/mol. The van der Waals surface area contributed by atoms with Crippen LogP contribution in [0.1, 0.15) is 44.9 Å². The number of nitrogens with zero attached hydrogens (tertiary/aromatic N) is 6. The van der Waals surface area contributed by atoms with Crippen molar-refractivity contribution >= 4 is 0 Å². The largest absolute Gasteiger partial charge is 0.316 e. The zero-order chi connectivity index (χ0) is 18.6. The summed E-state index contributed by atoms with van der Waals surface area (Å²) in [4.78, 5) is 11.2. The van der Waals surface area contributed by atoms with E-state index in [1.54, 1.807) is 0 Å². The Labute approximate surface area is 153 Å². The molecule has 0 atom stereocenters. The van der Waals surface area contributed by atoms with Crippen molar-refractivity contribution in [2.45, 2.75) is 44.9 Å². The Bertz CT molecular complexity index is 396. The molecule has 136 valence electrons. The minimum absolute atomic E-state index is 0.513. The SMILES string of the molecule is [C-]#[N+]CCN(CCCCCCCN(CCC#N)CCC#N)CC[N+]#[C-]. The van der Waals surface area contributed by atoms with Crippen molar-refractivity contribution in [1.29, 1.82) is 10.5 Å². The standard InChI is InChI=1S/C19H30N6/c1-22-12-18-25(19-13-23-2)15-7-5-3-4-6-14-24(16-8-10-20)17-9-11-21/h3-9,12-19H2. The van der Waals surface area contributed by atoms with Gasteiger partial charge in [-0.15, -0.1) is 0 Å². The summed E-state index contributed by atoms with van der Waals surface area (Å²) >= 11 is 0. The maximum atomic E-state index is 8.68. The predicted octanol–water partition coefficient (Wildman–Crippen LogP) is 3.21. The van der Waals surface area contributed by atoms with E-state index < -0.39 is 0 Å². The highest BCUT2D eigenvalue weighted by molar-refractivity contribution is 4.76. The van der Waals surface area contributed by atoms with Crippen LogP contribution in [-0.4, -0.2) is 62.2 Å². The zero-order valence-electron chi connectivity index (χ0n) is 15.3. The summed E-state index contributed by atoms with van der Waals surface area (Å²) in [5.41, 5.74) is 0. The molecule has 0 heterocycles. The molecule has 0 unspecified atom stereocenters. The van der Waals surface area contributed by atoms with Gasteiger partial charge in [-0.25, -0.2) is 13.1 Å². The molecule has 0 spiro atoms. The molecule has 0 N–H and O–H groups in total. The molecule has 0 rings (SSSR count). The van der Waals surface area contributed by atoms with Crippen LogP contribution in [0.5, 0.6) is 0 Å². The fourth-order valence-corrected chi connectivity index (χ4v) is 2.67. The molecule has 0 saturated heterocycles. The molecule has 0 aliphatic rings. The first kappa shape index (κ1) is 22.9. The highest BCUT2D eigenvalue weighted by Gasteiger charge is 2.07. The topological polar surface area (TPSA) is 62.8 Å². The molecule has 0 amide bonds. The van der Waals surface area contributed by atoms with Gasteiger partial charge in [0.1, 0.15) is 0 Å². The Morgan fingerprint density at radius 1 is 0.600 bits per heavy atom. The van der Waals surface area contributed by atoms with E-state index in [0.717, 1.165) is 52.1 Å². The van der Waals surface area contributed by atoms with Crippen molar-refractivity contribution in [1.82, 2.24) is 9.80 Å². The van der Waals surface area contributed by atoms with Crippen LogP contribution in [0.15, 0.2) is 0 Å². The number of nitriles is 2. The smallest absolute Gasteiger partial charge is 0.227 e. The second-order valence-electron chi connectivity index (χ2n) is 6.03. The van der Waals surface area contributed by atoms with Gasteiger partial charge in [0, 0.05) is 25.9 Å². The zero-order valence-corrected chi connectivity index (χ0v) is 15.3. The summed E-state index contributed by atoms with van der Waals surface area (Å²) in [6, 6.07) is 4.33. The van der Waals surface area contributed by atoms with Gasteiger partial charge in [-0.05, 0) is 25.9 Å². The molecule has 0 aromatic rings. The van der Waals surface area contributed by atoms with Crippen molar-refractivity contribution in [3.63, 3.8) is 0 Å². The normalized spacial score (nSPS) is 10.2. The van der Waals surface area contributed by atoms with Crippen LogP contribution in [0.3, 0.4) is 0 Å². The van der Waals surface area contributed by atoms with Gasteiger partial charge in [0.2, 0.25) is 13.1 Å². The lowest BCUT2D eigenvalue weighted by Gasteiger charge is -2.19. The molecule has 6 nitrogen and oxygen atoms in total. The Balaban J connectivity index is 3.77. The van der Waals surface area contributed by atoms with E-state index in [-0.39, 0.29) is 0 Å². The third-order valence-corrected chi connectivity index (χ3v) is 4.08. The first-order chi connectivity index (χ1) is 12.3. The minimum atomic E-state index is 0.513. The molecule has 6 heteroatoms. The van der Waals surface area contributed by atoms with Crippen LogP contribution in [0.25, 0.3) is 9.69 Å². The molecule has 0 aliphatic carbocycles. The molecule has 0 bridgehead atoms. The van der Waals surface area contributed by atoms with Crippen molar-refractivity contribution in [2.24, 2.45) is 0 Å². The Morgan fingerprint density at radius 3 is 1.40 bits per heavy atom. The molecule has 25 heavy (non-hydrogen) atoms. The summed E-state index contributed by atoms with van der Waals surface area (Å²) < 4.78 is 0. The summed E-state index contributed by atoms with van der Waals surface area (Å²) in [6.07, 6.45) is 6.79.